The molecule has 0 rings (SSSR count). The Morgan fingerprint density at radius 3 is 2.25 bits per heavy atom. The molecule has 0 aromatic heterocycles. The van der Waals surface area contributed by atoms with Crippen LogP contribution in [0.1, 0.15) is 6.92 Å². The SMILES string of the molecule is CC(C#C[Si](C)(C)C)=CC(=O)O. The Kier molecular flexibility index (Phi) is 3.77. The van der Waals surface area contributed by atoms with Crippen LogP contribution >= 0.6 is 0 Å². The number of carbonyl (C=O) groups is 1. The monoisotopic (exact) mass is 182 g/mol. The van der Waals surface area contributed by atoms with Crippen molar-refractivity contribution in [2.75, 3.05) is 0 Å². The molecule has 0 saturated carbocycles. The van der Waals surface area contributed by atoms with E-state index in [1.54, 1.807) is 6.92 Å². The molecule has 0 aliphatic heterocycles. The summed E-state index contributed by atoms with van der Waals surface area (Å²) in [6.07, 6.45) is 1.13. The largest absolute Gasteiger partial charge is 0.478 e. The van der Waals surface area contributed by atoms with Gasteiger partial charge in [0.25, 0.3) is 0 Å². The van der Waals surface area contributed by atoms with Crippen LogP contribution in [-0.2, 0) is 4.79 Å². The van der Waals surface area contributed by atoms with Gasteiger partial charge >= 0.3 is 5.97 Å². The smallest absolute Gasteiger partial charge is 0.329 e. The molecule has 0 radical (unpaired) electrons. The highest BCUT2D eigenvalue weighted by Crippen LogP contribution is 1.98. The standard InChI is InChI=1S/C9H14O2Si/c1-8(7-9(10)11)5-6-12(2,3)4/h7H,1-4H3,(H,10,11). The van der Waals surface area contributed by atoms with Crippen LogP contribution in [0.5, 0.6) is 0 Å². The first-order valence-corrected chi connectivity index (χ1v) is 7.26. The predicted octanol–water partition coefficient (Wildman–Crippen LogP) is 1.90. The minimum atomic E-state index is -1.37. The van der Waals surface area contributed by atoms with E-state index in [1.807, 2.05) is 0 Å². The molecule has 0 atom stereocenters. The zero-order valence-corrected chi connectivity index (χ0v) is 8.93. The fourth-order valence-electron chi connectivity index (χ4n) is 0.507. The molecule has 0 spiro atoms. The third-order valence-electron chi connectivity index (χ3n) is 0.975. The zero-order chi connectivity index (χ0) is 9.78. The van der Waals surface area contributed by atoms with E-state index in [0.29, 0.717) is 5.57 Å². The van der Waals surface area contributed by atoms with Gasteiger partial charge in [0.05, 0.1) is 0 Å². The van der Waals surface area contributed by atoms with Crippen molar-refractivity contribution in [1.29, 1.82) is 0 Å². The fourth-order valence-corrected chi connectivity index (χ4v) is 1.08. The van der Waals surface area contributed by atoms with Crippen LogP contribution in [-0.4, -0.2) is 19.1 Å². The van der Waals surface area contributed by atoms with Gasteiger partial charge < -0.3 is 5.11 Å². The van der Waals surface area contributed by atoms with E-state index in [-0.39, 0.29) is 0 Å². The quantitative estimate of drug-likeness (QED) is 0.382. The van der Waals surface area contributed by atoms with Crippen molar-refractivity contribution < 1.29 is 9.90 Å². The van der Waals surface area contributed by atoms with Crippen LogP contribution in [0, 0.1) is 11.5 Å². The topological polar surface area (TPSA) is 37.3 Å². The highest BCUT2D eigenvalue weighted by atomic mass is 28.3. The predicted molar refractivity (Wildman–Crippen MR) is 52.5 cm³/mol. The van der Waals surface area contributed by atoms with Gasteiger partial charge in [0.15, 0.2) is 0 Å². The lowest BCUT2D eigenvalue weighted by Crippen LogP contribution is -2.16. The number of aliphatic carboxylic acids is 1. The number of hydrogen-bond donors (Lipinski definition) is 1. The molecule has 3 heteroatoms. The molecule has 0 saturated heterocycles. The summed E-state index contributed by atoms with van der Waals surface area (Å²) in [5, 5.41) is 8.38. The molecule has 0 unspecified atom stereocenters. The first-order chi connectivity index (χ1) is 5.31. The number of allylic oxidation sites excluding steroid dienone is 1. The summed E-state index contributed by atoms with van der Waals surface area (Å²) < 4.78 is 0. The minimum Gasteiger partial charge on any atom is -0.478 e. The average Bonchev–Trinajstić information content (AvgIpc) is 1.80. The second-order valence-corrected chi connectivity index (χ2v) is 8.42. The molecule has 0 aromatic rings. The summed E-state index contributed by atoms with van der Waals surface area (Å²) in [5.74, 6) is 1.91. The molecular weight excluding hydrogens is 168 g/mol. The van der Waals surface area contributed by atoms with Crippen molar-refractivity contribution in [2.45, 2.75) is 26.6 Å². The second-order valence-electron chi connectivity index (χ2n) is 3.67. The Hall–Kier alpha value is -1.01. The van der Waals surface area contributed by atoms with Gasteiger partial charge in [-0.05, 0) is 6.92 Å². The molecule has 0 heterocycles. The van der Waals surface area contributed by atoms with Crippen LogP contribution in [0.3, 0.4) is 0 Å². The van der Waals surface area contributed by atoms with Crippen LogP contribution in [0.25, 0.3) is 0 Å². The van der Waals surface area contributed by atoms with E-state index in [1.165, 1.54) is 0 Å². The molecule has 0 amide bonds. The van der Waals surface area contributed by atoms with Gasteiger partial charge in [0.1, 0.15) is 8.07 Å². The number of hydrogen-bond acceptors (Lipinski definition) is 1. The zero-order valence-electron chi connectivity index (χ0n) is 7.93. The summed E-state index contributed by atoms with van der Waals surface area (Å²) in [5.41, 5.74) is 3.70. The van der Waals surface area contributed by atoms with Gasteiger partial charge in [-0.15, -0.1) is 5.54 Å². The Bertz CT molecular complexity index is 260. The van der Waals surface area contributed by atoms with Gasteiger partial charge in [-0.25, -0.2) is 4.79 Å². The Morgan fingerprint density at radius 2 is 1.92 bits per heavy atom. The third-order valence-corrected chi connectivity index (χ3v) is 1.85. The summed E-state index contributed by atoms with van der Waals surface area (Å²) in [4.78, 5) is 10.2. The maximum atomic E-state index is 10.2. The third kappa shape index (κ3) is 7.10. The molecule has 0 aliphatic rings. The highest BCUT2D eigenvalue weighted by Gasteiger charge is 2.07. The molecule has 0 bridgehead atoms. The molecule has 0 aliphatic carbocycles. The van der Waals surface area contributed by atoms with Crippen molar-refractivity contribution in [3.8, 4) is 11.5 Å². The molecule has 0 aromatic carbocycles. The maximum Gasteiger partial charge on any atom is 0.329 e. The first kappa shape index (κ1) is 11.0. The van der Waals surface area contributed by atoms with Gasteiger partial charge in [-0.2, -0.15) is 0 Å². The maximum absolute atomic E-state index is 10.2. The fraction of sp³-hybridized carbons (Fsp3) is 0.444. The van der Waals surface area contributed by atoms with Crippen molar-refractivity contribution in [2.24, 2.45) is 0 Å². The molecule has 0 fully saturated rings. The number of rotatable bonds is 1. The summed E-state index contributed by atoms with van der Waals surface area (Å²) in [7, 11) is -1.37. The molecule has 2 nitrogen and oxygen atoms in total. The van der Waals surface area contributed by atoms with Gasteiger partial charge in [-0.1, -0.05) is 25.6 Å². The lowest BCUT2D eigenvalue weighted by Gasteiger charge is -2.02. The first-order valence-electron chi connectivity index (χ1n) is 3.76. The molecule has 12 heavy (non-hydrogen) atoms. The van der Waals surface area contributed by atoms with E-state index in [4.69, 9.17) is 5.11 Å². The van der Waals surface area contributed by atoms with E-state index >= 15 is 0 Å². The summed E-state index contributed by atoms with van der Waals surface area (Å²) in [6, 6.07) is 0. The van der Waals surface area contributed by atoms with Crippen LogP contribution < -0.4 is 0 Å². The van der Waals surface area contributed by atoms with Crippen molar-refractivity contribution in [1.82, 2.24) is 0 Å². The summed E-state index contributed by atoms with van der Waals surface area (Å²) in [6.45, 7) is 8.07. The van der Waals surface area contributed by atoms with Crippen LogP contribution in [0.4, 0.5) is 0 Å². The molecule has 1 N–H and O–H groups in total. The van der Waals surface area contributed by atoms with Crippen LogP contribution in [0.2, 0.25) is 19.6 Å². The molecule has 66 valence electrons. The summed E-state index contributed by atoms with van der Waals surface area (Å²) >= 11 is 0. The Labute approximate surface area is 74.3 Å². The van der Waals surface area contributed by atoms with E-state index < -0.39 is 14.0 Å². The highest BCUT2D eigenvalue weighted by molar-refractivity contribution is 6.83. The Morgan fingerprint density at radius 1 is 1.42 bits per heavy atom. The van der Waals surface area contributed by atoms with Crippen molar-refractivity contribution >= 4 is 14.0 Å². The van der Waals surface area contributed by atoms with Gasteiger partial charge in [0, 0.05) is 11.6 Å². The van der Waals surface area contributed by atoms with E-state index in [9.17, 15) is 4.79 Å². The molecular formula is C9H14O2Si. The van der Waals surface area contributed by atoms with Crippen LogP contribution in [0.15, 0.2) is 11.6 Å². The van der Waals surface area contributed by atoms with Crippen molar-refractivity contribution in [3.63, 3.8) is 0 Å². The van der Waals surface area contributed by atoms with E-state index in [2.05, 4.69) is 31.1 Å². The lowest BCUT2D eigenvalue weighted by molar-refractivity contribution is -0.131. The minimum absolute atomic E-state index is 0.616. The number of carboxylic acids is 1. The Balaban J connectivity index is 4.43. The lowest BCUT2D eigenvalue weighted by atomic mass is 10.3. The number of carboxylic acid groups (broad SMARTS) is 1. The normalized spacial score (nSPS) is 11.8. The average molecular weight is 182 g/mol. The van der Waals surface area contributed by atoms with E-state index in [0.717, 1.165) is 6.08 Å². The second kappa shape index (κ2) is 4.12. The van der Waals surface area contributed by atoms with Gasteiger partial charge in [0.2, 0.25) is 0 Å². The van der Waals surface area contributed by atoms with Crippen molar-refractivity contribution in [3.05, 3.63) is 11.6 Å². The van der Waals surface area contributed by atoms with Gasteiger partial charge in [-0.3, -0.25) is 0 Å².